The third kappa shape index (κ3) is 4.16. The minimum atomic E-state index is -0.273. The molecule has 126 valence electrons. The summed E-state index contributed by atoms with van der Waals surface area (Å²) in [7, 11) is 4.81. The van der Waals surface area contributed by atoms with E-state index >= 15 is 0 Å². The summed E-state index contributed by atoms with van der Waals surface area (Å²) in [5.74, 6) is 2.17. The Balaban J connectivity index is 0.00000242. The molecule has 6 nitrogen and oxygen atoms in total. The number of rotatable bonds is 7. The first-order valence-corrected chi connectivity index (χ1v) is 7.08. The van der Waals surface area contributed by atoms with Crippen molar-refractivity contribution in [3.8, 4) is 17.2 Å². The number of hydrogen-bond acceptors (Lipinski definition) is 6. The smallest absolute Gasteiger partial charge is 0.203 e. The van der Waals surface area contributed by atoms with Gasteiger partial charge in [0.15, 0.2) is 11.5 Å². The Morgan fingerprint density at radius 1 is 1.14 bits per heavy atom. The van der Waals surface area contributed by atoms with E-state index in [1.807, 2.05) is 12.1 Å². The van der Waals surface area contributed by atoms with Gasteiger partial charge in [0.2, 0.25) is 5.75 Å². The second-order valence-corrected chi connectivity index (χ2v) is 5.11. The summed E-state index contributed by atoms with van der Waals surface area (Å²) in [6.45, 7) is 2.92. The molecule has 1 aliphatic rings. The Kier molecular flexibility index (Phi) is 7.75. The fraction of sp³-hybridized carbons (Fsp3) is 0.600. The summed E-state index contributed by atoms with van der Waals surface area (Å²) in [4.78, 5) is 0. The minimum absolute atomic E-state index is 0. The molecule has 1 aromatic carbocycles. The first kappa shape index (κ1) is 18.8. The molecule has 1 saturated heterocycles. The Morgan fingerprint density at radius 2 is 1.86 bits per heavy atom. The molecule has 22 heavy (non-hydrogen) atoms. The molecule has 0 radical (unpaired) electrons. The summed E-state index contributed by atoms with van der Waals surface area (Å²) < 4.78 is 16.1. The third-order valence-electron chi connectivity index (χ3n) is 3.81. The van der Waals surface area contributed by atoms with Crippen LogP contribution >= 0.6 is 12.4 Å². The van der Waals surface area contributed by atoms with Gasteiger partial charge in [-0.05, 0) is 6.07 Å². The van der Waals surface area contributed by atoms with Crippen molar-refractivity contribution < 1.29 is 19.3 Å². The number of hydrogen-bond donors (Lipinski definition) is 3. The van der Waals surface area contributed by atoms with E-state index in [9.17, 15) is 5.11 Å². The van der Waals surface area contributed by atoms with E-state index in [1.165, 1.54) is 0 Å². The molecule has 0 saturated carbocycles. The molecule has 2 rings (SSSR count). The van der Waals surface area contributed by atoms with Crippen LogP contribution in [0.15, 0.2) is 12.1 Å². The Morgan fingerprint density at radius 3 is 2.41 bits per heavy atom. The maximum atomic E-state index is 9.77. The van der Waals surface area contributed by atoms with Crippen LogP contribution < -0.4 is 24.8 Å². The normalized spacial score (nSPS) is 20.4. The van der Waals surface area contributed by atoms with Crippen LogP contribution in [-0.2, 0) is 6.54 Å². The van der Waals surface area contributed by atoms with Gasteiger partial charge in [0.25, 0.3) is 0 Å². The molecule has 0 aliphatic carbocycles. The maximum absolute atomic E-state index is 9.77. The van der Waals surface area contributed by atoms with Crippen molar-refractivity contribution in [1.82, 2.24) is 10.6 Å². The lowest BCUT2D eigenvalue weighted by Crippen LogP contribution is -2.30. The van der Waals surface area contributed by atoms with Crippen LogP contribution in [0.4, 0.5) is 0 Å². The van der Waals surface area contributed by atoms with Crippen molar-refractivity contribution >= 4 is 12.4 Å². The van der Waals surface area contributed by atoms with Crippen molar-refractivity contribution in [2.24, 2.45) is 5.92 Å². The fourth-order valence-corrected chi connectivity index (χ4v) is 2.62. The van der Waals surface area contributed by atoms with E-state index in [-0.39, 0.29) is 24.4 Å². The molecule has 1 aliphatic heterocycles. The number of β-amino-alcohol motifs (C(OH)–C–C–N with tert-alkyl or cyclic N) is 1. The molecule has 1 aromatic rings. The van der Waals surface area contributed by atoms with E-state index in [1.54, 1.807) is 21.3 Å². The van der Waals surface area contributed by atoms with Gasteiger partial charge in [-0.15, -0.1) is 12.4 Å². The van der Waals surface area contributed by atoms with Gasteiger partial charge in [-0.2, -0.15) is 0 Å². The molecular weight excluding hydrogens is 308 g/mol. The summed E-state index contributed by atoms with van der Waals surface area (Å²) in [6, 6.07) is 3.82. The minimum Gasteiger partial charge on any atom is -0.493 e. The van der Waals surface area contributed by atoms with E-state index in [0.717, 1.165) is 18.7 Å². The molecular formula is C15H25ClN2O4. The van der Waals surface area contributed by atoms with Crippen LogP contribution in [-0.4, -0.2) is 52.2 Å². The van der Waals surface area contributed by atoms with Crippen LogP contribution in [0.2, 0.25) is 0 Å². The van der Waals surface area contributed by atoms with Gasteiger partial charge in [0.05, 0.1) is 27.4 Å². The molecule has 2 unspecified atom stereocenters. The quantitative estimate of drug-likeness (QED) is 0.686. The van der Waals surface area contributed by atoms with Crippen LogP contribution in [0.25, 0.3) is 0 Å². The number of nitrogens with one attached hydrogen (secondary N) is 2. The number of halogens is 1. The number of aliphatic hydroxyl groups is 1. The van der Waals surface area contributed by atoms with Crippen molar-refractivity contribution in [2.75, 3.05) is 41.0 Å². The lowest BCUT2D eigenvalue weighted by molar-refractivity contribution is 0.146. The highest BCUT2D eigenvalue weighted by Crippen LogP contribution is 2.39. The topological polar surface area (TPSA) is 72.0 Å². The number of benzene rings is 1. The average molecular weight is 333 g/mol. The van der Waals surface area contributed by atoms with Gasteiger partial charge >= 0.3 is 0 Å². The zero-order chi connectivity index (χ0) is 15.2. The second-order valence-electron chi connectivity index (χ2n) is 5.11. The first-order valence-electron chi connectivity index (χ1n) is 7.08. The SMILES string of the molecule is COc1ccc(CNCC2CNCC2O)c(OC)c1OC.Cl. The monoisotopic (exact) mass is 332 g/mol. The van der Waals surface area contributed by atoms with Crippen LogP contribution in [0.3, 0.4) is 0 Å². The van der Waals surface area contributed by atoms with Crippen LogP contribution in [0, 0.1) is 5.92 Å². The van der Waals surface area contributed by atoms with Crippen molar-refractivity contribution in [3.63, 3.8) is 0 Å². The lowest BCUT2D eigenvalue weighted by Gasteiger charge is -2.18. The zero-order valence-corrected chi connectivity index (χ0v) is 14.0. The van der Waals surface area contributed by atoms with Gasteiger partial charge in [0.1, 0.15) is 0 Å². The van der Waals surface area contributed by atoms with Gasteiger partial charge in [-0.3, -0.25) is 0 Å². The summed E-state index contributed by atoms with van der Waals surface area (Å²) >= 11 is 0. The fourth-order valence-electron chi connectivity index (χ4n) is 2.62. The summed E-state index contributed by atoms with van der Waals surface area (Å²) in [5.41, 5.74) is 0.996. The number of methoxy groups -OCH3 is 3. The zero-order valence-electron chi connectivity index (χ0n) is 13.2. The number of aliphatic hydroxyl groups excluding tert-OH is 1. The van der Waals surface area contributed by atoms with Gasteiger partial charge < -0.3 is 30.0 Å². The highest BCUT2D eigenvalue weighted by atomic mass is 35.5. The van der Waals surface area contributed by atoms with E-state index in [0.29, 0.717) is 30.3 Å². The molecule has 3 N–H and O–H groups in total. The number of ether oxygens (including phenoxy) is 3. The molecule has 0 bridgehead atoms. The van der Waals surface area contributed by atoms with Gasteiger partial charge in [-0.1, -0.05) is 6.07 Å². The second kappa shape index (κ2) is 9.05. The van der Waals surface area contributed by atoms with E-state index < -0.39 is 0 Å². The molecule has 0 amide bonds. The highest BCUT2D eigenvalue weighted by molar-refractivity contribution is 5.85. The van der Waals surface area contributed by atoms with Crippen molar-refractivity contribution in [2.45, 2.75) is 12.6 Å². The molecule has 1 fully saturated rings. The standard InChI is InChI=1S/C15H24N2O4.ClH/c1-19-13-5-4-10(14(20-2)15(13)21-3)6-16-7-11-8-17-9-12(11)18;/h4-5,11-12,16-18H,6-9H2,1-3H3;1H. The summed E-state index contributed by atoms with van der Waals surface area (Å²) in [6.07, 6.45) is -0.273. The van der Waals surface area contributed by atoms with E-state index in [4.69, 9.17) is 14.2 Å². The van der Waals surface area contributed by atoms with Crippen molar-refractivity contribution in [1.29, 1.82) is 0 Å². The molecule has 1 heterocycles. The molecule has 0 aromatic heterocycles. The maximum Gasteiger partial charge on any atom is 0.203 e. The Bertz CT molecular complexity index is 473. The molecule has 0 spiro atoms. The highest BCUT2D eigenvalue weighted by Gasteiger charge is 2.24. The predicted octanol–water partition coefficient (Wildman–Crippen LogP) is 0.804. The van der Waals surface area contributed by atoms with Crippen LogP contribution in [0.1, 0.15) is 5.56 Å². The van der Waals surface area contributed by atoms with Crippen molar-refractivity contribution in [3.05, 3.63) is 17.7 Å². The first-order chi connectivity index (χ1) is 10.2. The Hall–Kier alpha value is -1.21. The third-order valence-corrected chi connectivity index (χ3v) is 3.81. The molecule has 2 atom stereocenters. The van der Waals surface area contributed by atoms with Gasteiger partial charge in [-0.25, -0.2) is 0 Å². The largest absolute Gasteiger partial charge is 0.493 e. The molecule has 7 heteroatoms. The average Bonchev–Trinajstić information content (AvgIpc) is 2.91. The van der Waals surface area contributed by atoms with E-state index in [2.05, 4.69) is 10.6 Å². The van der Waals surface area contributed by atoms with Gasteiger partial charge in [0, 0.05) is 37.7 Å². The van der Waals surface area contributed by atoms with Crippen LogP contribution in [0.5, 0.6) is 17.2 Å². The predicted molar refractivity (Wildman–Crippen MR) is 87.4 cm³/mol. The Labute approximate surface area is 137 Å². The summed E-state index contributed by atoms with van der Waals surface area (Å²) in [5, 5.41) is 16.3. The lowest BCUT2D eigenvalue weighted by atomic mass is 10.1.